The first-order valence-corrected chi connectivity index (χ1v) is 12.1. The van der Waals surface area contributed by atoms with Crippen LogP contribution in [-0.4, -0.2) is 61.1 Å². The summed E-state index contributed by atoms with van der Waals surface area (Å²) < 4.78 is 12.0. The fourth-order valence-corrected chi connectivity index (χ4v) is 3.06. The van der Waals surface area contributed by atoms with Gasteiger partial charge >= 0.3 is 0 Å². The minimum absolute atomic E-state index is 0.144. The number of carbonyl (C=O) groups is 1. The first kappa shape index (κ1) is 27.2. The number of nitrogens with one attached hydrogen (secondary N) is 1. The Hall–Kier alpha value is -4.36. The number of carbonyl (C=O) groups excluding carboxylic acids is 1. The summed E-state index contributed by atoms with van der Waals surface area (Å²) in [6.07, 6.45) is 14.4. The van der Waals surface area contributed by atoms with Crippen LogP contribution in [0.4, 0.5) is 0 Å². The van der Waals surface area contributed by atoms with E-state index < -0.39 is 6.10 Å². The lowest BCUT2D eigenvalue weighted by Gasteiger charge is -2.18. The Morgan fingerprint density at radius 2 is 1.51 bits per heavy atom. The predicted octanol–water partition coefficient (Wildman–Crippen LogP) is 3.00. The Bertz CT molecular complexity index is 1160. The topological polar surface area (TPSA) is 130 Å². The maximum absolute atomic E-state index is 12.8. The Balaban J connectivity index is 1.76. The van der Waals surface area contributed by atoms with Crippen molar-refractivity contribution < 1.29 is 23.9 Å². The zero-order chi connectivity index (χ0) is 26.3. The van der Waals surface area contributed by atoms with E-state index in [0.717, 1.165) is 11.1 Å². The van der Waals surface area contributed by atoms with Gasteiger partial charge in [-0.25, -0.2) is 0 Å². The summed E-state index contributed by atoms with van der Waals surface area (Å²) in [5.41, 5.74) is 7.31. The van der Waals surface area contributed by atoms with Gasteiger partial charge in [-0.15, -0.1) is 0 Å². The molecule has 0 unspecified atom stereocenters. The molecule has 0 aliphatic heterocycles. The van der Waals surface area contributed by atoms with Gasteiger partial charge in [-0.2, -0.15) is 4.98 Å². The number of nitrogens with zero attached hydrogens (tertiary/aromatic N) is 3. The lowest BCUT2D eigenvalue weighted by atomic mass is 10.1. The highest BCUT2D eigenvalue weighted by Crippen LogP contribution is 2.24. The van der Waals surface area contributed by atoms with Gasteiger partial charge in [-0.1, -0.05) is 0 Å². The number of hydrogen-bond donors (Lipinski definition) is 2. The minimum atomic E-state index is -0.456. The number of allylic oxidation sites excluding steroid dienone is 6. The minimum Gasteiger partial charge on any atom is -0.466 e. The first-order valence-electron chi connectivity index (χ1n) is 12.1. The van der Waals surface area contributed by atoms with E-state index >= 15 is 0 Å². The van der Waals surface area contributed by atoms with Gasteiger partial charge in [0, 0.05) is 35.5 Å². The van der Waals surface area contributed by atoms with Gasteiger partial charge in [0.1, 0.15) is 31.0 Å². The van der Waals surface area contributed by atoms with E-state index in [2.05, 4.69) is 32.4 Å². The van der Waals surface area contributed by atoms with Gasteiger partial charge in [0.25, 0.3) is 5.91 Å². The van der Waals surface area contributed by atoms with Crippen LogP contribution in [0.15, 0.2) is 82.2 Å². The average molecular weight is 506 g/mol. The Labute approximate surface area is 216 Å². The van der Waals surface area contributed by atoms with Crippen LogP contribution < -0.4 is 20.5 Å². The molecule has 194 valence electrons. The van der Waals surface area contributed by atoms with Crippen molar-refractivity contribution in [3.63, 3.8) is 0 Å². The first-order chi connectivity index (χ1) is 18.1. The summed E-state index contributed by atoms with van der Waals surface area (Å²) in [6.45, 7) is 5.56. The molecule has 0 bridgehead atoms. The lowest BCUT2D eigenvalue weighted by molar-refractivity contribution is 0.0947. The second-order valence-electron chi connectivity index (χ2n) is 7.65. The molecular formula is C27H31N5O5. The van der Waals surface area contributed by atoms with E-state index in [1.54, 1.807) is 36.4 Å². The van der Waals surface area contributed by atoms with E-state index in [4.69, 9.17) is 24.9 Å². The van der Waals surface area contributed by atoms with E-state index in [0.29, 0.717) is 38.6 Å². The third kappa shape index (κ3) is 8.98. The number of aromatic nitrogens is 1. The number of amides is 1. The van der Waals surface area contributed by atoms with Crippen LogP contribution in [0, 0.1) is 0 Å². The zero-order valence-electron chi connectivity index (χ0n) is 20.9. The molecule has 0 saturated carbocycles. The second kappa shape index (κ2) is 14.9. The summed E-state index contributed by atoms with van der Waals surface area (Å²) in [4.78, 5) is 27.1. The highest BCUT2D eigenvalue weighted by atomic mass is 16.6. The molecule has 0 atom stereocenters. The summed E-state index contributed by atoms with van der Waals surface area (Å²) in [5, 5.41) is 10.3. The summed E-state index contributed by atoms with van der Waals surface area (Å²) >= 11 is 0. The van der Waals surface area contributed by atoms with E-state index in [1.807, 2.05) is 38.2 Å². The number of rotatable bonds is 12. The zero-order valence-corrected chi connectivity index (χ0v) is 20.9. The molecule has 1 amide bonds. The summed E-state index contributed by atoms with van der Waals surface area (Å²) in [7, 11) is 0. The number of ether oxygens (including phenoxy) is 2. The van der Waals surface area contributed by atoms with Crippen LogP contribution >= 0.6 is 0 Å². The number of nitrogens with two attached hydrogens (primary N) is 1. The highest BCUT2D eigenvalue weighted by molar-refractivity contribution is 5.96. The molecule has 0 fully saturated rings. The molecule has 2 aliphatic carbocycles. The molecule has 2 aliphatic rings. The van der Waals surface area contributed by atoms with Gasteiger partial charge in [-0.05, 0) is 91.8 Å². The van der Waals surface area contributed by atoms with Crippen molar-refractivity contribution in [2.24, 2.45) is 16.0 Å². The third-order valence-electron chi connectivity index (χ3n) is 4.85. The molecular weight excluding hydrogens is 474 g/mol. The average Bonchev–Trinajstić information content (AvgIpc) is 2.91. The van der Waals surface area contributed by atoms with Crippen molar-refractivity contribution in [1.82, 2.24) is 10.3 Å². The van der Waals surface area contributed by atoms with Crippen LogP contribution in [0.25, 0.3) is 0 Å². The molecule has 37 heavy (non-hydrogen) atoms. The second-order valence-corrected chi connectivity index (χ2v) is 7.65. The van der Waals surface area contributed by atoms with E-state index in [-0.39, 0.29) is 23.5 Å². The van der Waals surface area contributed by atoms with E-state index in [1.165, 1.54) is 0 Å². The van der Waals surface area contributed by atoms with Crippen molar-refractivity contribution in [2.45, 2.75) is 32.5 Å². The summed E-state index contributed by atoms with van der Waals surface area (Å²) in [5.74, 6) is 5.71. The van der Waals surface area contributed by atoms with Crippen molar-refractivity contribution in [2.75, 3.05) is 26.3 Å². The van der Waals surface area contributed by atoms with Crippen LogP contribution in [0.2, 0.25) is 0 Å². The molecule has 3 N–H and O–H groups in total. The highest BCUT2D eigenvalue weighted by Gasteiger charge is 2.19. The van der Waals surface area contributed by atoms with Gasteiger partial charge in [0.15, 0.2) is 0 Å². The predicted molar refractivity (Wildman–Crippen MR) is 141 cm³/mol. The molecule has 0 radical (unpaired) electrons. The fraction of sp³-hybridized carbons (Fsp3) is 0.333. The van der Waals surface area contributed by atoms with Gasteiger partial charge in [-0.3, -0.25) is 4.79 Å². The quantitative estimate of drug-likeness (QED) is 0.254. The van der Waals surface area contributed by atoms with Gasteiger partial charge in [0.2, 0.25) is 11.8 Å². The van der Waals surface area contributed by atoms with E-state index in [9.17, 15) is 4.79 Å². The van der Waals surface area contributed by atoms with Crippen molar-refractivity contribution in [3.8, 4) is 11.8 Å². The molecule has 0 saturated heterocycles. The smallest absolute Gasteiger partial charge is 0.256 e. The Morgan fingerprint density at radius 1 is 0.946 bits per heavy atom. The molecule has 1 aromatic heterocycles. The molecule has 1 heterocycles. The van der Waals surface area contributed by atoms with Crippen LogP contribution in [0.5, 0.6) is 11.8 Å². The van der Waals surface area contributed by atoms with Crippen LogP contribution in [0.3, 0.4) is 0 Å². The van der Waals surface area contributed by atoms with Crippen LogP contribution in [-0.2, 0) is 9.68 Å². The van der Waals surface area contributed by atoms with Crippen molar-refractivity contribution in [3.05, 3.63) is 77.5 Å². The van der Waals surface area contributed by atoms with Crippen molar-refractivity contribution in [1.29, 1.82) is 0 Å². The maximum atomic E-state index is 12.8. The lowest BCUT2D eigenvalue weighted by Crippen LogP contribution is -2.27. The van der Waals surface area contributed by atoms with Crippen LogP contribution in [0.1, 0.15) is 30.6 Å². The monoisotopic (exact) mass is 505 g/mol. The summed E-state index contributed by atoms with van der Waals surface area (Å²) in [6, 6.07) is 3.26. The van der Waals surface area contributed by atoms with Gasteiger partial charge in [0.05, 0.1) is 0 Å². The molecule has 1 aromatic rings. The molecule has 10 nitrogen and oxygen atoms in total. The SMILES string of the molecule is CCON=C=C1C=CC(Oc2ccc(C(=O)NCCCN)c(OC3C=CC(=C=NOCC)C=C3)n2)C=C1. The van der Waals surface area contributed by atoms with Crippen molar-refractivity contribution >= 4 is 17.6 Å². The molecule has 0 spiro atoms. The Morgan fingerprint density at radius 3 is 2.05 bits per heavy atom. The standard InChI is InChI=1S/C27H31N5O5/c1-3-34-30-18-20-6-10-22(11-7-20)36-25-15-14-24(26(33)29-17-5-16-28)27(32-25)37-23-12-8-21(9-13-23)19-31-35-4-2/h6-15,22-23H,3-5,16-17,28H2,1-2H3,(H,29,33). The number of hydrogen-bond acceptors (Lipinski definition) is 9. The number of pyridine rings is 1. The normalized spacial score (nSPS) is 17.5. The molecule has 3 rings (SSSR count). The maximum Gasteiger partial charge on any atom is 0.256 e. The fourth-order valence-electron chi connectivity index (χ4n) is 3.06. The van der Waals surface area contributed by atoms with Gasteiger partial charge < -0.3 is 30.2 Å². The molecule has 0 aromatic carbocycles. The third-order valence-corrected chi connectivity index (χ3v) is 4.85. The Kier molecular flexibility index (Phi) is 11.0. The largest absolute Gasteiger partial charge is 0.466 e. The molecule has 10 heteroatoms.